The summed E-state index contributed by atoms with van der Waals surface area (Å²) >= 11 is 0. The number of benzene rings is 1. The number of hydrogen-bond donors (Lipinski definition) is 0. The first-order chi connectivity index (χ1) is 11.1. The molecule has 24 heavy (non-hydrogen) atoms. The predicted molar refractivity (Wildman–Crippen MR) is 89.4 cm³/mol. The van der Waals surface area contributed by atoms with Crippen LogP contribution >= 0.6 is 0 Å². The Morgan fingerprint density at radius 1 is 1.17 bits per heavy atom. The van der Waals surface area contributed by atoms with Crippen molar-refractivity contribution in [3.63, 3.8) is 0 Å². The van der Waals surface area contributed by atoms with Gasteiger partial charge < -0.3 is 14.2 Å². The minimum absolute atomic E-state index is 0.149. The zero-order chi connectivity index (χ0) is 18.4. The quantitative estimate of drug-likeness (QED) is 0.403. The van der Waals surface area contributed by atoms with E-state index in [4.69, 9.17) is 14.2 Å². The van der Waals surface area contributed by atoms with Crippen LogP contribution in [0.4, 0.5) is 5.69 Å². The van der Waals surface area contributed by atoms with Crippen LogP contribution in [0.15, 0.2) is 12.1 Å². The number of nitrogens with zero attached hydrogens (tertiary/aromatic N) is 1. The zero-order valence-corrected chi connectivity index (χ0v) is 15.0. The Kier molecular flexibility index (Phi) is 7.00. The highest BCUT2D eigenvalue weighted by Crippen LogP contribution is 2.39. The van der Waals surface area contributed by atoms with E-state index in [0.717, 1.165) is 0 Å². The van der Waals surface area contributed by atoms with Gasteiger partial charge in [-0.25, -0.2) is 0 Å². The molecule has 1 atom stereocenters. The second kappa shape index (κ2) is 8.52. The van der Waals surface area contributed by atoms with E-state index < -0.39 is 17.0 Å². The largest absolute Gasteiger partial charge is 0.493 e. The summed E-state index contributed by atoms with van der Waals surface area (Å²) < 4.78 is 16.1. The van der Waals surface area contributed by atoms with Gasteiger partial charge in [0.2, 0.25) is 0 Å². The fourth-order valence-corrected chi connectivity index (χ4v) is 2.20. The first kappa shape index (κ1) is 19.7. The first-order valence-corrected chi connectivity index (χ1v) is 7.88. The number of methoxy groups -OCH3 is 1. The normalized spacial score (nSPS) is 12.2. The monoisotopic (exact) mass is 339 g/mol. The number of carbonyl (C=O) groups excluding carboxylic acids is 1. The Labute approximate surface area is 142 Å². The van der Waals surface area contributed by atoms with Gasteiger partial charge >= 0.3 is 5.97 Å². The van der Waals surface area contributed by atoms with E-state index in [0.29, 0.717) is 5.75 Å². The SMILES string of the molecule is COc1cc(C(C)OC(=O)CC(C)C)c([N+](=O)[O-])cc1OC(C)C. The Hall–Kier alpha value is -2.31. The van der Waals surface area contributed by atoms with Crippen molar-refractivity contribution < 1.29 is 23.9 Å². The fraction of sp³-hybridized carbons (Fsp3) is 0.588. The molecule has 0 heterocycles. The third-order valence-electron chi connectivity index (χ3n) is 3.19. The molecule has 134 valence electrons. The third-order valence-corrected chi connectivity index (χ3v) is 3.19. The Bertz CT molecular complexity index is 597. The van der Waals surface area contributed by atoms with Crippen molar-refractivity contribution in [2.45, 2.75) is 53.2 Å². The molecular weight excluding hydrogens is 314 g/mol. The minimum atomic E-state index is -0.765. The molecule has 7 nitrogen and oxygen atoms in total. The number of nitro benzene ring substituents is 1. The van der Waals surface area contributed by atoms with Crippen LogP contribution in [0.25, 0.3) is 0 Å². The van der Waals surface area contributed by atoms with Gasteiger partial charge in [-0.3, -0.25) is 14.9 Å². The second-order valence-electron chi connectivity index (χ2n) is 6.22. The molecule has 0 aromatic heterocycles. The van der Waals surface area contributed by atoms with E-state index in [9.17, 15) is 14.9 Å². The number of carbonyl (C=O) groups is 1. The molecule has 0 radical (unpaired) electrons. The summed E-state index contributed by atoms with van der Waals surface area (Å²) in [4.78, 5) is 22.7. The summed E-state index contributed by atoms with van der Waals surface area (Å²) in [5.41, 5.74) is 0.0985. The molecule has 1 aromatic carbocycles. The van der Waals surface area contributed by atoms with Gasteiger partial charge in [-0.15, -0.1) is 0 Å². The molecule has 0 aliphatic heterocycles. The molecule has 0 saturated heterocycles. The van der Waals surface area contributed by atoms with Crippen molar-refractivity contribution >= 4 is 11.7 Å². The highest BCUT2D eigenvalue weighted by Gasteiger charge is 2.26. The van der Waals surface area contributed by atoms with Gasteiger partial charge in [-0.05, 0) is 32.8 Å². The molecule has 0 bridgehead atoms. The van der Waals surface area contributed by atoms with Gasteiger partial charge in [-0.1, -0.05) is 13.8 Å². The molecule has 7 heteroatoms. The highest BCUT2D eigenvalue weighted by atomic mass is 16.6. The molecule has 0 saturated carbocycles. The van der Waals surface area contributed by atoms with E-state index >= 15 is 0 Å². The van der Waals surface area contributed by atoms with Gasteiger partial charge in [0.1, 0.15) is 6.10 Å². The maximum atomic E-state index is 11.8. The van der Waals surface area contributed by atoms with Gasteiger partial charge in [0, 0.05) is 6.42 Å². The lowest BCUT2D eigenvalue weighted by atomic mass is 10.1. The van der Waals surface area contributed by atoms with Crippen LogP contribution in [0, 0.1) is 16.0 Å². The Balaban J connectivity index is 3.20. The molecule has 0 amide bonds. The summed E-state index contributed by atoms with van der Waals surface area (Å²) in [6.45, 7) is 9.03. The van der Waals surface area contributed by atoms with Crippen LogP contribution in [0.5, 0.6) is 11.5 Å². The lowest BCUT2D eigenvalue weighted by Gasteiger charge is -2.18. The van der Waals surface area contributed by atoms with Crippen LogP contribution in [-0.4, -0.2) is 24.1 Å². The number of nitro groups is 1. The summed E-state index contributed by atoms with van der Waals surface area (Å²) in [5.74, 6) is 0.393. The predicted octanol–water partition coefficient (Wildman–Crippen LogP) is 4.04. The Morgan fingerprint density at radius 2 is 1.79 bits per heavy atom. The van der Waals surface area contributed by atoms with Crippen LogP contribution < -0.4 is 9.47 Å². The average molecular weight is 339 g/mol. The zero-order valence-electron chi connectivity index (χ0n) is 15.0. The van der Waals surface area contributed by atoms with Crippen molar-refractivity contribution in [1.29, 1.82) is 0 Å². The van der Waals surface area contributed by atoms with E-state index in [1.54, 1.807) is 6.92 Å². The maximum absolute atomic E-state index is 11.8. The molecular formula is C17H25NO6. The molecule has 1 aromatic rings. The van der Waals surface area contributed by atoms with Crippen LogP contribution in [0.2, 0.25) is 0 Å². The summed E-state index contributed by atoms with van der Waals surface area (Å²) in [5, 5.41) is 11.4. The van der Waals surface area contributed by atoms with E-state index in [1.807, 2.05) is 27.7 Å². The lowest BCUT2D eigenvalue weighted by Crippen LogP contribution is -2.13. The minimum Gasteiger partial charge on any atom is -0.493 e. The smallest absolute Gasteiger partial charge is 0.306 e. The number of hydrogen-bond acceptors (Lipinski definition) is 6. The molecule has 0 aliphatic carbocycles. The van der Waals surface area contributed by atoms with Gasteiger partial charge in [0.25, 0.3) is 5.69 Å². The van der Waals surface area contributed by atoms with Crippen molar-refractivity contribution in [2.75, 3.05) is 7.11 Å². The average Bonchev–Trinajstić information content (AvgIpc) is 2.44. The summed E-state index contributed by atoms with van der Waals surface area (Å²) in [7, 11) is 1.45. The van der Waals surface area contributed by atoms with Crippen LogP contribution in [0.1, 0.15) is 52.7 Å². The highest BCUT2D eigenvalue weighted by molar-refractivity contribution is 5.70. The van der Waals surface area contributed by atoms with Gasteiger partial charge in [-0.2, -0.15) is 0 Å². The van der Waals surface area contributed by atoms with Crippen molar-refractivity contribution in [1.82, 2.24) is 0 Å². The number of ether oxygens (including phenoxy) is 3. The molecule has 0 N–H and O–H groups in total. The fourth-order valence-electron chi connectivity index (χ4n) is 2.20. The van der Waals surface area contributed by atoms with Crippen molar-refractivity contribution in [3.8, 4) is 11.5 Å². The second-order valence-corrected chi connectivity index (χ2v) is 6.22. The molecule has 1 rings (SSSR count). The molecule has 0 aliphatic rings. The Morgan fingerprint density at radius 3 is 2.25 bits per heavy atom. The number of rotatable bonds is 8. The standard InChI is InChI=1S/C17H25NO6/c1-10(2)7-17(19)24-12(5)13-8-15(22-6)16(23-11(3)4)9-14(13)18(20)21/h8-12H,7H2,1-6H3. The van der Waals surface area contributed by atoms with Gasteiger partial charge in [0.05, 0.1) is 29.8 Å². The van der Waals surface area contributed by atoms with Crippen LogP contribution in [0.3, 0.4) is 0 Å². The topological polar surface area (TPSA) is 87.9 Å². The van der Waals surface area contributed by atoms with Gasteiger partial charge in [0.15, 0.2) is 11.5 Å². The summed E-state index contributed by atoms with van der Waals surface area (Å²) in [6.07, 6.45) is -0.673. The lowest BCUT2D eigenvalue weighted by molar-refractivity contribution is -0.386. The van der Waals surface area contributed by atoms with Crippen molar-refractivity contribution in [3.05, 3.63) is 27.8 Å². The third kappa shape index (κ3) is 5.40. The van der Waals surface area contributed by atoms with E-state index in [-0.39, 0.29) is 35.4 Å². The van der Waals surface area contributed by atoms with Crippen LogP contribution in [-0.2, 0) is 9.53 Å². The van der Waals surface area contributed by atoms with Crippen molar-refractivity contribution in [2.24, 2.45) is 5.92 Å². The van der Waals surface area contributed by atoms with E-state index in [2.05, 4.69) is 0 Å². The summed E-state index contributed by atoms with van der Waals surface area (Å²) in [6, 6.07) is 2.80. The number of esters is 1. The first-order valence-electron chi connectivity index (χ1n) is 7.88. The molecule has 0 spiro atoms. The molecule has 1 unspecified atom stereocenters. The maximum Gasteiger partial charge on any atom is 0.306 e. The van der Waals surface area contributed by atoms with E-state index in [1.165, 1.54) is 19.2 Å². The molecule has 0 fully saturated rings.